The quantitative estimate of drug-likeness (QED) is 0.844. The second-order valence-electron chi connectivity index (χ2n) is 7.50. The molecule has 0 aliphatic carbocycles. The Kier molecular flexibility index (Phi) is 4.69. The van der Waals surface area contributed by atoms with E-state index in [9.17, 15) is 5.11 Å². The largest absolute Gasteiger partial charge is 0.493 e. The molecule has 7 nitrogen and oxygen atoms in total. The average molecular weight is 392 g/mol. The van der Waals surface area contributed by atoms with Crippen molar-refractivity contribution in [2.45, 2.75) is 18.8 Å². The second kappa shape index (κ2) is 7.50. The normalized spacial score (nSPS) is 23.9. The van der Waals surface area contributed by atoms with E-state index in [2.05, 4.69) is 22.0 Å². The Hall–Kier alpha value is -2.90. The number of fused-ring (bicyclic) bond motifs is 1. The van der Waals surface area contributed by atoms with Gasteiger partial charge in [-0.25, -0.2) is 4.99 Å². The Balaban J connectivity index is 1.40. The average Bonchev–Trinajstić information content (AvgIpc) is 3.24. The summed E-state index contributed by atoms with van der Waals surface area (Å²) in [6.45, 7) is 2.76. The minimum atomic E-state index is -0.732. The number of aliphatic imine (C=N–C) groups is 1. The molecule has 1 aromatic carbocycles. The summed E-state index contributed by atoms with van der Waals surface area (Å²) in [5.41, 5.74) is 4.09. The van der Waals surface area contributed by atoms with Crippen molar-refractivity contribution >= 4 is 11.7 Å². The third kappa shape index (κ3) is 3.47. The summed E-state index contributed by atoms with van der Waals surface area (Å²) in [5.74, 6) is 1.73. The van der Waals surface area contributed by atoms with Crippen LogP contribution in [0.15, 0.2) is 53.8 Å². The summed E-state index contributed by atoms with van der Waals surface area (Å²) in [4.78, 5) is 12.9. The van der Waals surface area contributed by atoms with E-state index in [1.807, 2.05) is 25.2 Å². The number of nitrogens with zero attached hydrogens (tertiary/aromatic N) is 4. The molecule has 1 saturated heterocycles. The molecule has 150 valence electrons. The van der Waals surface area contributed by atoms with Crippen LogP contribution < -0.4 is 4.74 Å². The monoisotopic (exact) mass is 392 g/mol. The molecule has 5 rings (SSSR count). The lowest BCUT2D eigenvalue weighted by Crippen LogP contribution is -2.52. The molecule has 0 saturated carbocycles. The molecule has 0 bridgehead atoms. The summed E-state index contributed by atoms with van der Waals surface area (Å²) < 4.78 is 11.7. The number of hydrogen-bond acceptors (Lipinski definition) is 7. The van der Waals surface area contributed by atoms with Gasteiger partial charge in [0.2, 0.25) is 5.96 Å². The number of benzene rings is 1. The van der Waals surface area contributed by atoms with Gasteiger partial charge in [-0.3, -0.25) is 4.98 Å². The van der Waals surface area contributed by atoms with Crippen molar-refractivity contribution in [1.29, 1.82) is 0 Å². The molecule has 0 spiro atoms. The Labute approximate surface area is 169 Å². The number of aliphatic hydroxyl groups is 1. The lowest BCUT2D eigenvalue weighted by molar-refractivity contribution is -0.0143. The SMILES string of the molecule is CN1C(N2CCOC(c3ccc4c(c3)CCO4)C2)=NC(c2ccncc2)=CC1O. The number of rotatable bonds is 2. The molecule has 3 aliphatic rings. The Morgan fingerprint density at radius 2 is 2.00 bits per heavy atom. The number of morpholine rings is 1. The number of aromatic nitrogens is 1. The van der Waals surface area contributed by atoms with Gasteiger partial charge in [-0.1, -0.05) is 6.07 Å². The van der Waals surface area contributed by atoms with Gasteiger partial charge in [-0.2, -0.15) is 0 Å². The predicted molar refractivity (Wildman–Crippen MR) is 109 cm³/mol. The van der Waals surface area contributed by atoms with Crippen LogP contribution in [0.5, 0.6) is 5.75 Å². The van der Waals surface area contributed by atoms with Crippen molar-refractivity contribution in [2.75, 3.05) is 33.4 Å². The topological polar surface area (TPSA) is 70.4 Å². The first-order valence-electron chi connectivity index (χ1n) is 9.93. The van der Waals surface area contributed by atoms with Crippen molar-refractivity contribution in [2.24, 2.45) is 4.99 Å². The molecule has 4 heterocycles. The molecule has 29 heavy (non-hydrogen) atoms. The van der Waals surface area contributed by atoms with E-state index in [0.717, 1.165) is 48.1 Å². The van der Waals surface area contributed by atoms with Crippen LogP contribution in [0.4, 0.5) is 0 Å². The number of guanidine groups is 1. The molecule has 1 aromatic heterocycles. The Morgan fingerprint density at radius 1 is 1.14 bits per heavy atom. The predicted octanol–water partition coefficient (Wildman–Crippen LogP) is 2.05. The third-order valence-corrected chi connectivity index (χ3v) is 5.65. The number of hydrogen-bond donors (Lipinski definition) is 1. The third-order valence-electron chi connectivity index (χ3n) is 5.65. The van der Waals surface area contributed by atoms with E-state index in [1.54, 1.807) is 23.4 Å². The van der Waals surface area contributed by atoms with Crippen LogP contribution in [-0.2, 0) is 11.2 Å². The summed E-state index contributed by atoms with van der Waals surface area (Å²) in [6.07, 6.45) is 5.40. The van der Waals surface area contributed by atoms with Crippen molar-refractivity contribution in [1.82, 2.24) is 14.8 Å². The maximum atomic E-state index is 10.6. The van der Waals surface area contributed by atoms with Gasteiger partial charge in [0.25, 0.3) is 0 Å². The maximum absolute atomic E-state index is 10.6. The molecular weight excluding hydrogens is 368 g/mol. The lowest BCUT2D eigenvalue weighted by Gasteiger charge is -2.40. The first-order valence-corrected chi connectivity index (χ1v) is 9.93. The molecule has 2 atom stereocenters. The van der Waals surface area contributed by atoms with Crippen LogP contribution in [0.2, 0.25) is 0 Å². The van der Waals surface area contributed by atoms with Gasteiger partial charge in [0, 0.05) is 38.0 Å². The molecule has 3 aliphatic heterocycles. The van der Waals surface area contributed by atoms with Crippen LogP contribution in [0.25, 0.3) is 5.70 Å². The van der Waals surface area contributed by atoms with Gasteiger partial charge >= 0.3 is 0 Å². The molecule has 0 radical (unpaired) electrons. The lowest BCUT2D eigenvalue weighted by atomic mass is 10.0. The first-order chi connectivity index (χ1) is 14.2. The van der Waals surface area contributed by atoms with Gasteiger partial charge in [-0.05, 0) is 41.5 Å². The zero-order valence-electron chi connectivity index (χ0n) is 16.4. The highest BCUT2D eigenvalue weighted by atomic mass is 16.5. The Bertz CT molecular complexity index is 960. The number of pyridine rings is 1. The zero-order chi connectivity index (χ0) is 19.8. The highest BCUT2D eigenvalue weighted by Crippen LogP contribution is 2.31. The van der Waals surface area contributed by atoms with Gasteiger partial charge in [0.1, 0.15) is 11.9 Å². The van der Waals surface area contributed by atoms with E-state index in [4.69, 9.17) is 14.5 Å². The summed E-state index contributed by atoms with van der Waals surface area (Å²) in [5, 5.41) is 10.6. The smallest absolute Gasteiger partial charge is 0.204 e. The van der Waals surface area contributed by atoms with E-state index < -0.39 is 6.23 Å². The van der Waals surface area contributed by atoms with Gasteiger partial charge in [-0.15, -0.1) is 0 Å². The summed E-state index contributed by atoms with van der Waals surface area (Å²) >= 11 is 0. The van der Waals surface area contributed by atoms with Crippen LogP contribution in [-0.4, -0.2) is 65.4 Å². The van der Waals surface area contributed by atoms with E-state index >= 15 is 0 Å². The van der Waals surface area contributed by atoms with Crippen LogP contribution in [0, 0.1) is 0 Å². The van der Waals surface area contributed by atoms with Crippen molar-refractivity contribution < 1.29 is 14.6 Å². The molecule has 2 unspecified atom stereocenters. The second-order valence-corrected chi connectivity index (χ2v) is 7.50. The minimum absolute atomic E-state index is 0.0434. The van der Waals surface area contributed by atoms with Crippen LogP contribution in [0.1, 0.15) is 22.8 Å². The minimum Gasteiger partial charge on any atom is -0.493 e. The zero-order valence-corrected chi connectivity index (χ0v) is 16.4. The first kappa shape index (κ1) is 18.1. The van der Waals surface area contributed by atoms with Gasteiger partial charge in [0.05, 0.1) is 25.5 Å². The van der Waals surface area contributed by atoms with Crippen molar-refractivity contribution in [3.05, 3.63) is 65.5 Å². The summed E-state index contributed by atoms with van der Waals surface area (Å²) in [6, 6.07) is 10.1. The standard InChI is InChI=1S/C22H24N4O3/c1-25-21(27)13-18(15-4-7-23-8-5-15)24-22(25)26-9-11-29-20(14-26)16-2-3-19-17(12-16)6-10-28-19/h2-5,7-8,12-13,20-21,27H,6,9-11,14H2,1H3. The maximum Gasteiger partial charge on any atom is 0.204 e. The van der Waals surface area contributed by atoms with Crippen LogP contribution >= 0.6 is 0 Å². The van der Waals surface area contributed by atoms with E-state index in [0.29, 0.717) is 13.2 Å². The Morgan fingerprint density at radius 3 is 2.86 bits per heavy atom. The molecule has 0 amide bonds. The number of likely N-dealkylation sites (N-methyl/N-ethyl adjacent to an activating group) is 1. The molecule has 7 heteroatoms. The highest BCUT2D eigenvalue weighted by molar-refractivity contribution is 5.89. The van der Waals surface area contributed by atoms with Crippen molar-refractivity contribution in [3.8, 4) is 5.75 Å². The fraction of sp³-hybridized carbons (Fsp3) is 0.364. The molecule has 1 fully saturated rings. The van der Waals surface area contributed by atoms with E-state index in [1.165, 1.54) is 5.56 Å². The molecule has 1 N–H and O–H groups in total. The van der Waals surface area contributed by atoms with Crippen LogP contribution in [0.3, 0.4) is 0 Å². The van der Waals surface area contributed by atoms with Crippen molar-refractivity contribution in [3.63, 3.8) is 0 Å². The van der Waals surface area contributed by atoms with Gasteiger partial charge in [0.15, 0.2) is 6.23 Å². The number of ether oxygens (including phenoxy) is 2. The molecule has 2 aromatic rings. The van der Waals surface area contributed by atoms with E-state index in [-0.39, 0.29) is 6.10 Å². The summed E-state index contributed by atoms with van der Waals surface area (Å²) in [7, 11) is 1.86. The van der Waals surface area contributed by atoms with Gasteiger partial charge < -0.3 is 24.4 Å². The fourth-order valence-corrected chi connectivity index (χ4v) is 4.01. The fourth-order valence-electron chi connectivity index (χ4n) is 4.01. The molecular formula is C22H24N4O3. The highest BCUT2D eigenvalue weighted by Gasteiger charge is 2.30. The number of aliphatic hydroxyl groups excluding tert-OH is 1.